The molecule has 0 aliphatic heterocycles. The van der Waals surface area contributed by atoms with E-state index in [1.54, 1.807) is 48.4 Å². The molecule has 5 rings (SSSR count). The number of rotatable bonds is 7. The molecular weight excluding hydrogens is 560 g/mol. The average molecular weight is 593 g/mol. The van der Waals surface area contributed by atoms with Gasteiger partial charge in [-0.2, -0.15) is 0 Å². The van der Waals surface area contributed by atoms with E-state index in [2.05, 4.69) is 46.7 Å². The van der Waals surface area contributed by atoms with Gasteiger partial charge in [0.2, 0.25) is 0 Å². The first kappa shape index (κ1) is 29.4. The number of aromatic nitrogens is 3. The normalized spacial score (nSPS) is 11.2. The molecule has 218 valence electrons. The number of hydrogen-bond donors (Lipinski definition) is 3. The van der Waals surface area contributed by atoms with Crippen LogP contribution in [0.3, 0.4) is 0 Å². The smallest absolute Gasteiger partial charge is 0.293 e. The summed E-state index contributed by atoms with van der Waals surface area (Å²) in [6.45, 7) is 8.30. The molecular formula is C33H32N6O3S. The lowest BCUT2D eigenvalue weighted by atomic mass is 9.86. The number of nitrogens with zero attached hydrogens (tertiary/aromatic N) is 3. The summed E-state index contributed by atoms with van der Waals surface area (Å²) in [7, 11) is 1.66. The molecule has 9 nitrogen and oxygen atoms in total. The van der Waals surface area contributed by atoms with Gasteiger partial charge in [0.15, 0.2) is 5.82 Å². The molecule has 2 amide bonds. The van der Waals surface area contributed by atoms with Crippen molar-refractivity contribution in [3.8, 4) is 11.3 Å². The Hall–Kier alpha value is -5.09. The van der Waals surface area contributed by atoms with E-state index < -0.39 is 0 Å². The van der Waals surface area contributed by atoms with Crippen molar-refractivity contribution in [2.24, 2.45) is 7.05 Å². The fourth-order valence-electron chi connectivity index (χ4n) is 4.51. The maximum Gasteiger partial charge on any atom is 0.293 e. The molecule has 3 N–H and O–H groups in total. The Balaban J connectivity index is 1.38. The highest BCUT2D eigenvalue weighted by Crippen LogP contribution is 2.29. The summed E-state index contributed by atoms with van der Waals surface area (Å²) in [6.07, 6.45) is 1.66. The third kappa shape index (κ3) is 6.70. The van der Waals surface area contributed by atoms with Crippen LogP contribution in [-0.2, 0) is 12.5 Å². The summed E-state index contributed by atoms with van der Waals surface area (Å²) >= 11 is 1.34. The van der Waals surface area contributed by atoms with Gasteiger partial charge in [-0.3, -0.25) is 14.4 Å². The van der Waals surface area contributed by atoms with Gasteiger partial charge in [-0.05, 0) is 59.9 Å². The van der Waals surface area contributed by atoms with Crippen LogP contribution < -0.4 is 21.5 Å². The van der Waals surface area contributed by atoms with Gasteiger partial charge in [0, 0.05) is 46.8 Å². The molecule has 0 unspecified atom stereocenters. The van der Waals surface area contributed by atoms with Gasteiger partial charge in [0.25, 0.3) is 17.4 Å². The summed E-state index contributed by atoms with van der Waals surface area (Å²) in [4.78, 5) is 47.2. The van der Waals surface area contributed by atoms with Crippen LogP contribution in [0.4, 0.5) is 22.9 Å². The molecule has 0 radical (unpaired) electrons. The van der Waals surface area contributed by atoms with Crippen LogP contribution in [0.1, 0.15) is 52.7 Å². The molecule has 0 aliphatic rings. The third-order valence-electron chi connectivity index (χ3n) is 6.99. The second-order valence-electron chi connectivity index (χ2n) is 11.2. The summed E-state index contributed by atoms with van der Waals surface area (Å²) in [5.74, 6) is -0.409. The Labute approximate surface area is 253 Å². The Bertz CT molecular complexity index is 1860. The first-order valence-corrected chi connectivity index (χ1v) is 14.6. The quantitative estimate of drug-likeness (QED) is 0.192. The number of hydrogen-bond acceptors (Lipinski definition) is 7. The van der Waals surface area contributed by atoms with E-state index in [9.17, 15) is 14.4 Å². The van der Waals surface area contributed by atoms with Crippen molar-refractivity contribution in [2.75, 3.05) is 16.0 Å². The number of thiazole rings is 1. The number of carbonyl (C=O) groups is 2. The van der Waals surface area contributed by atoms with Crippen molar-refractivity contribution in [2.45, 2.75) is 33.1 Å². The van der Waals surface area contributed by atoms with Crippen molar-refractivity contribution in [3.05, 3.63) is 117 Å². The van der Waals surface area contributed by atoms with E-state index in [-0.39, 0.29) is 28.6 Å². The Morgan fingerprint density at radius 1 is 0.907 bits per heavy atom. The van der Waals surface area contributed by atoms with Crippen LogP contribution in [0.25, 0.3) is 11.3 Å². The third-order valence-corrected chi connectivity index (χ3v) is 7.58. The van der Waals surface area contributed by atoms with E-state index >= 15 is 0 Å². The van der Waals surface area contributed by atoms with Crippen LogP contribution >= 0.6 is 11.3 Å². The van der Waals surface area contributed by atoms with Crippen LogP contribution in [0.15, 0.2) is 88.6 Å². The highest BCUT2D eigenvalue weighted by atomic mass is 32.1. The lowest BCUT2D eigenvalue weighted by Crippen LogP contribution is -2.21. The average Bonchev–Trinajstić information content (AvgIpc) is 3.52. The van der Waals surface area contributed by atoms with Crippen LogP contribution in [-0.4, -0.2) is 26.3 Å². The van der Waals surface area contributed by atoms with E-state index in [0.717, 1.165) is 16.7 Å². The molecule has 5 aromatic rings. The van der Waals surface area contributed by atoms with Gasteiger partial charge in [0.1, 0.15) is 5.69 Å². The molecule has 10 heteroatoms. The maximum absolute atomic E-state index is 13.1. The summed E-state index contributed by atoms with van der Waals surface area (Å²) in [5.41, 5.74) is 7.23. The SMILES string of the molecule is Cc1c(NC(=O)c2ccc(C(C)(C)C)cc2)cccc1-c1cn(C)c(=O)c(Nc2cccc(NC(=O)c3cscn3)c2)n1. The predicted octanol–water partition coefficient (Wildman–Crippen LogP) is 6.76. The standard InChI is InChI=1S/C33H32N6O3S/c1-20-25(10-7-11-26(20)38-30(40)21-12-14-22(15-13-21)33(2,3)4)27-17-39(5)32(42)29(37-27)35-23-8-6-9-24(16-23)36-31(41)28-18-43-19-34-28/h6-19H,1-5H3,(H,35,37)(H,36,41)(H,38,40). The Morgan fingerprint density at radius 3 is 2.33 bits per heavy atom. The van der Waals surface area contributed by atoms with E-state index in [1.807, 2.05) is 49.4 Å². The van der Waals surface area contributed by atoms with Crippen molar-refractivity contribution in [3.63, 3.8) is 0 Å². The number of anilines is 4. The number of amides is 2. The zero-order valence-corrected chi connectivity index (χ0v) is 25.4. The zero-order valence-electron chi connectivity index (χ0n) is 24.6. The first-order valence-electron chi connectivity index (χ1n) is 13.7. The molecule has 0 atom stereocenters. The lowest BCUT2D eigenvalue weighted by molar-refractivity contribution is 0.101. The van der Waals surface area contributed by atoms with Crippen LogP contribution in [0, 0.1) is 6.92 Å². The minimum atomic E-state index is -0.321. The Kier molecular flexibility index (Phi) is 8.22. The highest BCUT2D eigenvalue weighted by molar-refractivity contribution is 7.07. The van der Waals surface area contributed by atoms with Gasteiger partial charge >= 0.3 is 0 Å². The van der Waals surface area contributed by atoms with Gasteiger partial charge < -0.3 is 20.5 Å². The zero-order chi connectivity index (χ0) is 30.7. The number of aryl methyl sites for hydroxylation is 1. The first-order chi connectivity index (χ1) is 20.5. The fraction of sp³-hybridized carbons (Fsp3) is 0.182. The van der Waals surface area contributed by atoms with Crippen LogP contribution in [0.5, 0.6) is 0 Å². The highest BCUT2D eigenvalue weighted by Gasteiger charge is 2.17. The maximum atomic E-state index is 13.1. The summed E-state index contributed by atoms with van der Waals surface area (Å²) < 4.78 is 1.46. The second kappa shape index (κ2) is 12.0. The van der Waals surface area contributed by atoms with Gasteiger partial charge in [-0.1, -0.05) is 51.1 Å². The van der Waals surface area contributed by atoms with E-state index in [4.69, 9.17) is 0 Å². The van der Waals surface area contributed by atoms with Gasteiger partial charge in [0.05, 0.1) is 11.2 Å². The molecule has 0 bridgehead atoms. The second-order valence-corrected chi connectivity index (χ2v) is 11.9. The van der Waals surface area contributed by atoms with Crippen molar-refractivity contribution < 1.29 is 9.59 Å². The summed E-state index contributed by atoms with van der Waals surface area (Å²) in [5, 5.41) is 10.6. The fourth-order valence-corrected chi connectivity index (χ4v) is 5.05. The van der Waals surface area contributed by atoms with Crippen molar-refractivity contribution in [1.82, 2.24) is 14.5 Å². The minimum Gasteiger partial charge on any atom is -0.336 e. The monoisotopic (exact) mass is 592 g/mol. The Morgan fingerprint density at radius 2 is 1.63 bits per heavy atom. The van der Waals surface area contributed by atoms with E-state index in [1.165, 1.54) is 15.9 Å². The molecule has 0 saturated heterocycles. The number of carbonyl (C=O) groups excluding carboxylic acids is 2. The van der Waals surface area contributed by atoms with Gasteiger partial charge in [-0.15, -0.1) is 11.3 Å². The van der Waals surface area contributed by atoms with Crippen LogP contribution in [0.2, 0.25) is 0 Å². The molecule has 43 heavy (non-hydrogen) atoms. The van der Waals surface area contributed by atoms with Crippen molar-refractivity contribution in [1.29, 1.82) is 0 Å². The molecule has 2 heterocycles. The molecule has 3 aromatic carbocycles. The van der Waals surface area contributed by atoms with Gasteiger partial charge in [-0.25, -0.2) is 9.97 Å². The largest absolute Gasteiger partial charge is 0.336 e. The molecule has 0 spiro atoms. The number of nitrogens with one attached hydrogen (secondary N) is 3. The predicted molar refractivity (Wildman–Crippen MR) is 173 cm³/mol. The van der Waals surface area contributed by atoms with Crippen molar-refractivity contribution >= 4 is 46.0 Å². The lowest BCUT2D eigenvalue weighted by Gasteiger charge is -2.19. The summed E-state index contributed by atoms with van der Waals surface area (Å²) in [6, 6.07) is 20.2. The molecule has 2 aromatic heterocycles. The molecule has 0 saturated carbocycles. The number of benzene rings is 3. The van der Waals surface area contributed by atoms with E-state index in [0.29, 0.717) is 34.0 Å². The molecule has 0 aliphatic carbocycles. The minimum absolute atomic E-state index is 0.00297. The molecule has 0 fully saturated rings. The topological polar surface area (TPSA) is 118 Å².